The Morgan fingerprint density at radius 1 is 1.32 bits per heavy atom. The first kappa shape index (κ1) is 12.1. The molecule has 5 heteroatoms. The number of nitrogens with one attached hydrogen (secondary N) is 1. The van der Waals surface area contributed by atoms with E-state index in [1.54, 1.807) is 11.0 Å². The molecule has 2 aromatic rings. The summed E-state index contributed by atoms with van der Waals surface area (Å²) in [5.74, 6) is -0.130. The zero-order valence-electron chi connectivity index (χ0n) is 10.2. The van der Waals surface area contributed by atoms with E-state index in [0.717, 1.165) is 24.3 Å². The number of furan rings is 1. The zero-order chi connectivity index (χ0) is 13.2. The first-order chi connectivity index (χ1) is 9.27. The van der Waals surface area contributed by atoms with Gasteiger partial charge in [0.2, 0.25) is 5.22 Å². The molecule has 98 valence electrons. The molecule has 4 nitrogen and oxygen atoms in total. The molecule has 1 aromatic carbocycles. The lowest BCUT2D eigenvalue weighted by Gasteiger charge is -2.21. The normalized spacial score (nSPS) is 14.5. The molecule has 2 heterocycles. The largest absolute Gasteiger partial charge is 0.452 e. The van der Waals surface area contributed by atoms with Gasteiger partial charge in [-0.3, -0.25) is 4.79 Å². The first-order valence-electron chi connectivity index (χ1n) is 6.15. The van der Waals surface area contributed by atoms with Gasteiger partial charge in [-0.05, 0) is 36.2 Å². The van der Waals surface area contributed by atoms with Crippen LogP contribution in [0, 0.1) is 0 Å². The zero-order valence-corrected chi connectivity index (χ0v) is 11.0. The highest BCUT2D eigenvalue weighted by molar-refractivity contribution is 6.33. The number of fused-ring (bicyclic) bond motifs is 1. The Labute approximate surface area is 116 Å². The van der Waals surface area contributed by atoms with Crippen LogP contribution in [0.4, 0.5) is 11.4 Å². The van der Waals surface area contributed by atoms with Crippen molar-refractivity contribution in [2.45, 2.75) is 6.42 Å². The number of carbonyl (C=O) groups excluding carboxylic acids is 1. The Hall–Kier alpha value is -1.94. The number of hydrogen-bond donors (Lipinski definition) is 1. The van der Waals surface area contributed by atoms with Crippen molar-refractivity contribution in [1.82, 2.24) is 0 Å². The fraction of sp³-hybridized carbons (Fsp3) is 0.214. The van der Waals surface area contributed by atoms with Crippen LogP contribution in [-0.4, -0.2) is 19.0 Å². The third kappa shape index (κ3) is 2.19. The van der Waals surface area contributed by atoms with Crippen molar-refractivity contribution in [3.8, 4) is 0 Å². The second-order valence-corrected chi connectivity index (χ2v) is 4.71. The number of carbonyl (C=O) groups is 1. The van der Waals surface area contributed by atoms with Crippen LogP contribution in [0.1, 0.15) is 16.8 Å². The lowest BCUT2D eigenvalue weighted by Crippen LogP contribution is -2.31. The van der Waals surface area contributed by atoms with Crippen molar-refractivity contribution < 1.29 is 9.21 Å². The van der Waals surface area contributed by atoms with Gasteiger partial charge in [0.1, 0.15) is 0 Å². The Morgan fingerprint density at radius 3 is 2.95 bits per heavy atom. The van der Waals surface area contributed by atoms with Crippen molar-refractivity contribution in [2.24, 2.45) is 0 Å². The van der Waals surface area contributed by atoms with Crippen molar-refractivity contribution >= 4 is 28.9 Å². The van der Waals surface area contributed by atoms with Crippen LogP contribution in [0.2, 0.25) is 5.22 Å². The van der Waals surface area contributed by atoms with Crippen molar-refractivity contribution in [2.75, 3.05) is 23.3 Å². The maximum absolute atomic E-state index is 12.6. The molecule has 0 radical (unpaired) electrons. The number of halogens is 1. The van der Waals surface area contributed by atoms with Gasteiger partial charge < -0.3 is 14.6 Å². The van der Waals surface area contributed by atoms with Gasteiger partial charge in [0.05, 0.1) is 23.2 Å². The minimum absolute atomic E-state index is 0.130. The van der Waals surface area contributed by atoms with E-state index in [9.17, 15) is 4.79 Å². The van der Waals surface area contributed by atoms with Gasteiger partial charge in [0.15, 0.2) is 0 Å². The summed E-state index contributed by atoms with van der Waals surface area (Å²) in [6, 6.07) is 9.37. The molecule has 1 aliphatic heterocycles. The third-order valence-corrected chi connectivity index (χ3v) is 3.46. The molecule has 0 spiro atoms. The van der Waals surface area contributed by atoms with E-state index in [1.807, 2.05) is 24.3 Å². The highest BCUT2D eigenvalue weighted by atomic mass is 35.5. The summed E-state index contributed by atoms with van der Waals surface area (Å²) >= 11 is 5.89. The molecular formula is C14H13ClN2O2. The predicted molar refractivity (Wildman–Crippen MR) is 74.9 cm³/mol. The molecular weight excluding hydrogens is 264 g/mol. The predicted octanol–water partition coefficient (Wildman–Crippen LogP) is 3.40. The van der Waals surface area contributed by atoms with Gasteiger partial charge in [-0.25, -0.2) is 0 Å². The minimum Gasteiger partial charge on any atom is -0.452 e. The van der Waals surface area contributed by atoms with E-state index < -0.39 is 0 Å². The molecule has 0 bridgehead atoms. The number of amides is 1. The average molecular weight is 277 g/mol. The highest BCUT2D eigenvalue weighted by Crippen LogP contribution is 2.30. The summed E-state index contributed by atoms with van der Waals surface area (Å²) in [6.45, 7) is 1.50. The van der Waals surface area contributed by atoms with E-state index in [0.29, 0.717) is 12.1 Å². The minimum atomic E-state index is -0.130. The summed E-state index contributed by atoms with van der Waals surface area (Å²) in [6.07, 6.45) is 2.31. The van der Waals surface area contributed by atoms with Crippen LogP contribution in [0.3, 0.4) is 0 Å². The summed E-state index contributed by atoms with van der Waals surface area (Å²) < 4.78 is 5.00. The molecule has 1 N–H and O–H groups in total. The molecule has 0 fully saturated rings. The fourth-order valence-corrected chi connectivity index (χ4v) is 2.44. The van der Waals surface area contributed by atoms with E-state index in [1.165, 1.54) is 6.26 Å². The van der Waals surface area contributed by atoms with Crippen molar-refractivity contribution in [1.29, 1.82) is 0 Å². The van der Waals surface area contributed by atoms with Gasteiger partial charge in [-0.2, -0.15) is 0 Å². The summed E-state index contributed by atoms with van der Waals surface area (Å²) in [7, 11) is 0. The number of nitrogens with zero attached hydrogens (tertiary/aromatic N) is 1. The molecule has 0 atom stereocenters. The Bertz CT molecular complexity index is 609. The first-order valence-corrected chi connectivity index (χ1v) is 6.53. The number of hydrogen-bond acceptors (Lipinski definition) is 3. The monoisotopic (exact) mass is 276 g/mol. The average Bonchev–Trinajstić information content (AvgIpc) is 2.74. The standard InChI is InChI=1S/C14H13ClN2O2/c15-13-10(6-9-19-13)14(18)17-8-3-7-16-11-4-1-2-5-12(11)17/h1-2,4-6,9,16H,3,7-8H2. The molecule has 19 heavy (non-hydrogen) atoms. The van der Waals surface area contributed by atoms with Crippen LogP contribution in [-0.2, 0) is 0 Å². The smallest absolute Gasteiger partial charge is 0.263 e. The summed E-state index contributed by atoms with van der Waals surface area (Å²) in [4.78, 5) is 14.3. The Balaban J connectivity index is 2.01. The Morgan fingerprint density at radius 2 is 2.16 bits per heavy atom. The maximum atomic E-state index is 12.6. The molecule has 0 saturated heterocycles. The molecule has 1 aliphatic rings. The van der Waals surface area contributed by atoms with Crippen LogP contribution in [0.25, 0.3) is 0 Å². The molecule has 0 aliphatic carbocycles. The molecule has 0 saturated carbocycles. The third-order valence-electron chi connectivity index (χ3n) is 3.16. The van der Waals surface area contributed by atoms with Gasteiger partial charge in [-0.1, -0.05) is 12.1 Å². The second-order valence-electron chi connectivity index (χ2n) is 4.36. The summed E-state index contributed by atoms with van der Waals surface area (Å²) in [5.41, 5.74) is 2.24. The number of para-hydroxylation sites is 2. The van der Waals surface area contributed by atoms with Crippen LogP contribution >= 0.6 is 11.6 Å². The topological polar surface area (TPSA) is 45.5 Å². The molecule has 3 rings (SSSR count). The molecule has 1 amide bonds. The second kappa shape index (κ2) is 4.97. The SMILES string of the molecule is O=C(c1ccoc1Cl)N1CCCNc2ccccc21. The maximum Gasteiger partial charge on any atom is 0.263 e. The van der Waals surface area contributed by atoms with E-state index >= 15 is 0 Å². The number of anilines is 2. The van der Waals surface area contributed by atoms with E-state index in [2.05, 4.69) is 5.32 Å². The van der Waals surface area contributed by atoms with Crippen LogP contribution in [0.15, 0.2) is 41.0 Å². The Kier molecular flexibility index (Phi) is 3.17. The van der Waals surface area contributed by atoms with Crippen molar-refractivity contribution in [3.63, 3.8) is 0 Å². The van der Waals surface area contributed by atoms with Gasteiger partial charge in [0.25, 0.3) is 5.91 Å². The van der Waals surface area contributed by atoms with E-state index in [4.69, 9.17) is 16.0 Å². The van der Waals surface area contributed by atoms with Crippen LogP contribution in [0.5, 0.6) is 0 Å². The molecule has 0 unspecified atom stereocenters. The van der Waals surface area contributed by atoms with Crippen molar-refractivity contribution in [3.05, 3.63) is 47.4 Å². The summed E-state index contributed by atoms with van der Waals surface area (Å²) in [5, 5.41) is 3.46. The highest BCUT2D eigenvalue weighted by Gasteiger charge is 2.24. The lowest BCUT2D eigenvalue weighted by atomic mass is 10.2. The van der Waals surface area contributed by atoms with Crippen LogP contribution < -0.4 is 10.2 Å². The number of rotatable bonds is 1. The quantitative estimate of drug-likeness (QED) is 0.868. The molecule has 1 aromatic heterocycles. The van der Waals surface area contributed by atoms with E-state index in [-0.39, 0.29) is 11.1 Å². The fourth-order valence-electron chi connectivity index (χ4n) is 2.24. The number of benzene rings is 1. The van der Waals surface area contributed by atoms with Gasteiger partial charge >= 0.3 is 0 Å². The van der Waals surface area contributed by atoms with Gasteiger partial charge in [0, 0.05) is 13.1 Å². The lowest BCUT2D eigenvalue weighted by molar-refractivity contribution is 0.0987. The van der Waals surface area contributed by atoms with Gasteiger partial charge in [-0.15, -0.1) is 0 Å².